The summed E-state index contributed by atoms with van der Waals surface area (Å²) < 4.78 is 5.28. The Morgan fingerprint density at radius 2 is 1.56 bits per heavy atom. The van der Waals surface area contributed by atoms with Crippen molar-refractivity contribution in [3.63, 3.8) is 0 Å². The zero-order valence-electron chi connectivity index (χ0n) is 10.2. The molecule has 4 heteroatoms. The van der Waals surface area contributed by atoms with E-state index in [9.17, 15) is 9.59 Å². The van der Waals surface area contributed by atoms with Crippen molar-refractivity contribution in [2.24, 2.45) is 0 Å². The lowest BCUT2D eigenvalue weighted by molar-refractivity contribution is 0.0793. The number of rotatable bonds is 3. The summed E-state index contributed by atoms with van der Waals surface area (Å²) in [5, 5.41) is 0. The van der Waals surface area contributed by atoms with E-state index < -0.39 is 0 Å². The van der Waals surface area contributed by atoms with Crippen LogP contribution in [0.1, 0.15) is 26.7 Å². The zero-order valence-corrected chi connectivity index (χ0v) is 10.2. The number of ketones is 1. The lowest BCUT2D eigenvalue weighted by atomic mass is 10.1. The molecule has 0 atom stereocenters. The Balaban J connectivity index is 2.26. The second kappa shape index (κ2) is 4.87. The van der Waals surface area contributed by atoms with E-state index in [1.807, 2.05) is 6.07 Å². The van der Waals surface area contributed by atoms with Gasteiger partial charge in [0.15, 0.2) is 11.5 Å². The molecule has 1 heterocycles. The fraction of sp³-hybridized carbons (Fsp3) is 0.143. The van der Waals surface area contributed by atoms with Gasteiger partial charge in [0, 0.05) is 19.7 Å². The smallest absolute Gasteiger partial charge is 0.289 e. The Kier molecular flexibility index (Phi) is 3.28. The molecule has 0 unspecified atom stereocenters. The lowest BCUT2D eigenvalue weighted by Crippen LogP contribution is -2.20. The number of furan rings is 1. The maximum absolute atomic E-state index is 12.0. The van der Waals surface area contributed by atoms with Gasteiger partial charge in [0.1, 0.15) is 0 Å². The first-order valence-electron chi connectivity index (χ1n) is 5.51. The first-order valence-corrected chi connectivity index (χ1v) is 5.51. The van der Waals surface area contributed by atoms with Crippen molar-refractivity contribution in [1.29, 1.82) is 0 Å². The molecule has 1 amide bonds. The maximum Gasteiger partial charge on any atom is 0.289 e. The monoisotopic (exact) mass is 243 g/mol. The van der Waals surface area contributed by atoms with Gasteiger partial charge in [-0.15, -0.1) is 0 Å². The third-order valence-corrected chi connectivity index (χ3v) is 2.48. The quantitative estimate of drug-likeness (QED) is 0.776. The van der Waals surface area contributed by atoms with Crippen LogP contribution in [0.15, 0.2) is 46.9 Å². The molecule has 0 fully saturated rings. The molecule has 0 saturated heterocycles. The molecule has 0 spiro atoms. The fourth-order valence-electron chi connectivity index (χ4n) is 1.53. The molecule has 92 valence electrons. The summed E-state index contributed by atoms with van der Waals surface area (Å²) in [5.74, 6) is -0.152. The second-order valence-electron chi connectivity index (χ2n) is 4.06. The molecule has 4 nitrogen and oxygen atoms in total. The SMILES string of the molecule is CN(C)C(=O)c1ccc(C(=O)c2ccccc2)o1. The highest BCUT2D eigenvalue weighted by molar-refractivity contribution is 6.07. The highest BCUT2D eigenvalue weighted by Crippen LogP contribution is 2.14. The Morgan fingerprint density at radius 3 is 2.17 bits per heavy atom. The van der Waals surface area contributed by atoms with Crippen molar-refractivity contribution in [3.8, 4) is 0 Å². The van der Waals surface area contributed by atoms with Crippen LogP contribution in [0.2, 0.25) is 0 Å². The largest absolute Gasteiger partial charge is 0.447 e. The predicted molar refractivity (Wildman–Crippen MR) is 66.6 cm³/mol. The molecular weight excluding hydrogens is 230 g/mol. The van der Waals surface area contributed by atoms with Crippen LogP contribution >= 0.6 is 0 Å². The van der Waals surface area contributed by atoms with Crippen LogP contribution in [0, 0.1) is 0 Å². The third-order valence-electron chi connectivity index (χ3n) is 2.48. The molecule has 0 aliphatic heterocycles. The standard InChI is InChI=1S/C14H13NO3/c1-15(2)14(17)12-9-8-11(18-12)13(16)10-6-4-3-5-7-10/h3-9H,1-2H3. The summed E-state index contributed by atoms with van der Waals surface area (Å²) in [7, 11) is 3.26. The minimum Gasteiger partial charge on any atom is -0.447 e. The van der Waals surface area contributed by atoms with Gasteiger partial charge in [-0.05, 0) is 12.1 Å². The van der Waals surface area contributed by atoms with Gasteiger partial charge in [-0.3, -0.25) is 9.59 Å². The van der Waals surface area contributed by atoms with Crippen molar-refractivity contribution in [1.82, 2.24) is 4.90 Å². The van der Waals surface area contributed by atoms with Gasteiger partial charge in [-0.1, -0.05) is 30.3 Å². The van der Waals surface area contributed by atoms with Gasteiger partial charge in [-0.2, -0.15) is 0 Å². The summed E-state index contributed by atoms with van der Waals surface area (Å²) in [5.41, 5.74) is 0.538. The van der Waals surface area contributed by atoms with Crippen LogP contribution in [0.4, 0.5) is 0 Å². The van der Waals surface area contributed by atoms with Gasteiger partial charge in [0.2, 0.25) is 5.78 Å². The summed E-state index contributed by atoms with van der Waals surface area (Å²) in [6.07, 6.45) is 0. The van der Waals surface area contributed by atoms with Crippen molar-refractivity contribution in [2.75, 3.05) is 14.1 Å². The molecule has 0 aliphatic carbocycles. The molecule has 1 aromatic heterocycles. The number of amides is 1. The van der Waals surface area contributed by atoms with Crippen LogP contribution in [0.3, 0.4) is 0 Å². The second-order valence-corrected chi connectivity index (χ2v) is 4.06. The van der Waals surface area contributed by atoms with E-state index in [0.717, 1.165) is 0 Å². The summed E-state index contributed by atoms with van der Waals surface area (Å²) >= 11 is 0. The number of carbonyl (C=O) groups excluding carboxylic acids is 2. The van der Waals surface area contributed by atoms with Crippen LogP contribution in [0.5, 0.6) is 0 Å². The normalized spacial score (nSPS) is 10.1. The molecule has 0 aliphatic rings. The number of hydrogen-bond donors (Lipinski definition) is 0. The minimum absolute atomic E-state index is 0.166. The first kappa shape index (κ1) is 12.1. The van der Waals surface area contributed by atoms with Crippen LogP contribution in [-0.2, 0) is 0 Å². The summed E-state index contributed by atoms with van der Waals surface area (Å²) in [6.45, 7) is 0. The molecule has 2 rings (SSSR count). The van der Waals surface area contributed by atoms with Gasteiger partial charge < -0.3 is 9.32 Å². The molecule has 2 aromatic rings. The van der Waals surface area contributed by atoms with Crippen LogP contribution < -0.4 is 0 Å². The lowest BCUT2D eigenvalue weighted by Gasteiger charge is -2.06. The van der Waals surface area contributed by atoms with Crippen molar-refractivity contribution in [2.45, 2.75) is 0 Å². The summed E-state index contributed by atoms with van der Waals surface area (Å²) in [4.78, 5) is 25.1. The number of carbonyl (C=O) groups is 2. The van der Waals surface area contributed by atoms with Crippen LogP contribution in [0.25, 0.3) is 0 Å². The molecule has 0 N–H and O–H groups in total. The Labute approximate surface area is 105 Å². The third kappa shape index (κ3) is 2.32. The molecule has 18 heavy (non-hydrogen) atoms. The highest BCUT2D eigenvalue weighted by Gasteiger charge is 2.17. The topological polar surface area (TPSA) is 50.5 Å². The van der Waals surface area contributed by atoms with Gasteiger partial charge >= 0.3 is 0 Å². The number of hydrogen-bond acceptors (Lipinski definition) is 3. The highest BCUT2D eigenvalue weighted by atomic mass is 16.4. The van der Waals surface area contributed by atoms with Crippen molar-refractivity contribution >= 4 is 11.7 Å². The number of benzene rings is 1. The fourth-order valence-corrected chi connectivity index (χ4v) is 1.53. The van der Waals surface area contributed by atoms with Crippen molar-refractivity contribution in [3.05, 3.63) is 59.5 Å². The molecule has 0 saturated carbocycles. The zero-order chi connectivity index (χ0) is 13.1. The predicted octanol–water partition coefficient (Wildman–Crippen LogP) is 2.21. The van der Waals surface area contributed by atoms with Gasteiger partial charge in [0.25, 0.3) is 5.91 Å². The van der Waals surface area contributed by atoms with E-state index in [4.69, 9.17) is 4.42 Å². The molecule has 0 bridgehead atoms. The summed E-state index contributed by atoms with van der Waals surface area (Å²) in [6, 6.07) is 11.8. The van der Waals surface area contributed by atoms with Crippen molar-refractivity contribution < 1.29 is 14.0 Å². The Bertz CT molecular complexity index is 570. The first-order chi connectivity index (χ1) is 8.59. The van der Waals surface area contributed by atoms with E-state index in [1.54, 1.807) is 38.4 Å². The van der Waals surface area contributed by atoms with Gasteiger partial charge in [-0.25, -0.2) is 0 Å². The Morgan fingerprint density at radius 1 is 0.944 bits per heavy atom. The van der Waals surface area contributed by atoms with E-state index in [-0.39, 0.29) is 23.2 Å². The average Bonchev–Trinajstić information content (AvgIpc) is 2.87. The van der Waals surface area contributed by atoms with Gasteiger partial charge in [0.05, 0.1) is 0 Å². The Hall–Kier alpha value is -2.36. The molecule has 1 aromatic carbocycles. The van der Waals surface area contributed by atoms with E-state index >= 15 is 0 Å². The molecular formula is C14H13NO3. The number of nitrogens with zero attached hydrogens (tertiary/aromatic N) is 1. The minimum atomic E-state index is -0.262. The average molecular weight is 243 g/mol. The van der Waals surface area contributed by atoms with E-state index in [1.165, 1.54) is 17.0 Å². The van der Waals surface area contributed by atoms with E-state index in [2.05, 4.69) is 0 Å². The van der Waals surface area contributed by atoms with Crippen LogP contribution in [-0.4, -0.2) is 30.7 Å². The van der Waals surface area contributed by atoms with E-state index in [0.29, 0.717) is 5.56 Å². The maximum atomic E-state index is 12.0. The molecule has 0 radical (unpaired) electrons.